The highest BCUT2D eigenvalue weighted by Crippen LogP contribution is 2.40. The zero-order valence-corrected chi connectivity index (χ0v) is 23.0. The molecule has 1 N–H and O–H groups in total. The highest BCUT2D eigenvalue weighted by Gasteiger charge is 2.20. The fourth-order valence-electron chi connectivity index (χ4n) is 4.09. The summed E-state index contributed by atoms with van der Waals surface area (Å²) in [4.78, 5) is 11.2. The molecule has 41 heavy (non-hydrogen) atoms. The maximum atomic E-state index is 11.7. The number of nitrogens with zero attached hydrogens (tertiary/aromatic N) is 1. The molecule has 0 atom stereocenters. The number of ether oxygens (including phenoxy) is 6. The van der Waals surface area contributed by atoms with Crippen molar-refractivity contribution in [1.82, 2.24) is 0 Å². The lowest BCUT2D eigenvalue weighted by Crippen LogP contribution is -2.05. The van der Waals surface area contributed by atoms with Crippen LogP contribution in [0, 0.1) is 10.1 Å². The van der Waals surface area contributed by atoms with Crippen molar-refractivity contribution in [3.8, 4) is 34.5 Å². The third-order valence-electron chi connectivity index (χ3n) is 6.19. The third-order valence-corrected chi connectivity index (χ3v) is 6.19. The predicted octanol–water partition coefficient (Wildman–Crippen LogP) is 5.85. The lowest BCUT2D eigenvalue weighted by atomic mass is 10.1. The van der Waals surface area contributed by atoms with Crippen molar-refractivity contribution >= 4 is 5.69 Å². The molecular formula is C31H31NO9. The summed E-state index contributed by atoms with van der Waals surface area (Å²) in [7, 11) is 4.51. The summed E-state index contributed by atoms with van der Waals surface area (Å²) >= 11 is 0. The smallest absolute Gasteiger partial charge is 0.276 e. The van der Waals surface area contributed by atoms with Crippen LogP contribution in [0.25, 0.3) is 0 Å². The van der Waals surface area contributed by atoms with Crippen molar-refractivity contribution in [2.24, 2.45) is 0 Å². The Labute approximate surface area is 237 Å². The van der Waals surface area contributed by atoms with Crippen LogP contribution in [0.2, 0.25) is 0 Å². The highest BCUT2D eigenvalue weighted by molar-refractivity contribution is 5.54. The molecule has 0 unspecified atom stereocenters. The van der Waals surface area contributed by atoms with E-state index in [-0.39, 0.29) is 31.3 Å². The van der Waals surface area contributed by atoms with Gasteiger partial charge in [0.2, 0.25) is 5.75 Å². The van der Waals surface area contributed by atoms with Gasteiger partial charge in [-0.1, -0.05) is 36.4 Å². The summed E-state index contributed by atoms with van der Waals surface area (Å²) in [5.41, 5.74) is 2.60. The number of nitro groups is 1. The average Bonchev–Trinajstić information content (AvgIpc) is 3.01. The Morgan fingerprint density at radius 2 is 1.32 bits per heavy atom. The second-order valence-corrected chi connectivity index (χ2v) is 8.87. The van der Waals surface area contributed by atoms with E-state index < -0.39 is 4.92 Å². The first kappa shape index (κ1) is 29.0. The molecule has 0 saturated carbocycles. The molecule has 0 aliphatic carbocycles. The Kier molecular flexibility index (Phi) is 9.85. The van der Waals surface area contributed by atoms with Gasteiger partial charge in [0.05, 0.1) is 38.4 Å². The van der Waals surface area contributed by atoms with E-state index in [0.717, 1.165) is 5.56 Å². The van der Waals surface area contributed by atoms with Gasteiger partial charge in [0.25, 0.3) is 5.69 Å². The van der Waals surface area contributed by atoms with E-state index in [1.165, 1.54) is 27.4 Å². The van der Waals surface area contributed by atoms with E-state index in [4.69, 9.17) is 28.4 Å². The SMILES string of the molecule is COc1ccc(CO)cc1OCc1cc(OC)c(OCc2cc(OCc3ccccc3)ccc2[N+](=O)[O-])c(OC)c1. The van der Waals surface area contributed by atoms with Crippen LogP contribution in [0.5, 0.6) is 34.5 Å². The second-order valence-electron chi connectivity index (χ2n) is 8.87. The first-order valence-corrected chi connectivity index (χ1v) is 12.7. The van der Waals surface area contributed by atoms with Gasteiger partial charge >= 0.3 is 0 Å². The molecule has 0 aromatic heterocycles. The number of aliphatic hydroxyl groups excluding tert-OH is 1. The quantitative estimate of drug-likeness (QED) is 0.149. The van der Waals surface area contributed by atoms with Gasteiger partial charge in [-0.15, -0.1) is 0 Å². The summed E-state index contributed by atoms with van der Waals surface area (Å²) < 4.78 is 34.3. The summed E-state index contributed by atoms with van der Waals surface area (Å²) in [6, 6.07) is 22.8. The van der Waals surface area contributed by atoms with Crippen LogP contribution in [0.4, 0.5) is 5.69 Å². The number of rotatable bonds is 14. The summed E-state index contributed by atoms with van der Waals surface area (Å²) in [5.74, 6) is 2.47. The molecule has 4 aromatic carbocycles. The zero-order chi connectivity index (χ0) is 29.2. The third kappa shape index (κ3) is 7.37. The van der Waals surface area contributed by atoms with E-state index in [2.05, 4.69) is 0 Å². The molecule has 10 nitrogen and oxygen atoms in total. The van der Waals surface area contributed by atoms with E-state index >= 15 is 0 Å². The molecule has 0 saturated heterocycles. The number of hydrogen-bond donors (Lipinski definition) is 1. The normalized spacial score (nSPS) is 10.5. The molecule has 214 valence electrons. The van der Waals surface area contributed by atoms with Crippen molar-refractivity contribution in [3.63, 3.8) is 0 Å². The van der Waals surface area contributed by atoms with Gasteiger partial charge in [-0.2, -0.15) is 0 Å². The number of methoxy groups -OCH3 is 3. The summed E-state index contributed by atoms with van der Waals surface area (Å²) in [6.45, 7) is 0.200. The van der Waals surface area contributed by atoms with Crippen LogP contribution in [0.1, 0.15) is 22.3 Å². The number of nitro benzene ring substituents is 1. The summed E-state index contributed by atoms with van der Waals surface area (Å²) in [5, 5.41) is 21.2. The fraction of sp³-hybridized carbons (Fsp3) is 0.226. The van der Waals surface area contributed by atoms with Crippen molar-refractivity contribution in [1.29, 1.82) is 0 Å². The molecule has 4 aromatic rings. The Hall–Kier alpha value is -4.96. The van der Waals surface area contributed by atoms with Crippen molar-refractivity contribution in [2.45, 2.75) is 26.4 Å². The van der Waals surface area contributed by atoms with Crippen LogP contribution >= 0.6 is 0 Å². The van der Waals surface area contributed by atoms with Crippen molar-refractivity contribution in [3.05, 3.63) is 111 Å². The van der Waals surface area contributed by atoms with Crippen LogP contribution in [0.3, 0.4) is 0 Å². The Bertz CT molecular complexity index is 1450. The average molecular weight is 562 g/mol. The van der Waals surface area contributed by atoms with Crippen LogP contribution in [-0.2, 0) is 26.4 Å². The van der Waals surface area contributed by atoms with E-state index in [1.54, 1.807) is 42.5 Å². The minimum absolute atomic E-state index is 0.0981. The molecule has 0 spiro atoms. The second kappa shape index (κ2) is 13.9. The minimum atomic E-state index is -0.464. The maximum Gasteiger partial charge on any atom is 0.276 e. The number of hydrogen-bond acceptors (Lipinski definition) is 9. The highest BCUT2D eigenvalue weighted by atomic mass is 16.6. The molecule has 0 aliphatic heterocycles. The van der Waals surface area contributed by atoms with Crippen molar-refractivity contribution in [2.75, 3.05) is 21.3 Å². The van der Waals surface area contributed by atoms with Gasteiger partial charge in [0.1, 0.15) is 25.6 Å². The van der Waals surface area contributed by atoms with Crippen LogP contribution < -0.4 is 28.4 Å². The summed E-state index contributed by atoms with van der Waals surface area (Å²) in [6.07, 6.45) is 0. The Morgan fingerprint density at radius 1 is 0.659 bits per heavy atom. The molecule has 0 bridgehead atoms. The monoisotopic (exact) mass is 561 g/mol. The number of aliphatic hydroxyl groups is 1. The largest absolute Gasteiger partial charge is 0.493 e. The predicted molar refractivity (Wildman–Crippen MR) is 151 cm³/mol. The molecule has 4 rings (SSSR count). The lowest BCUT2D eigenvalue weighted by molar-refractivity contribution is -0.385. The standard InChI is InChI=1S/C31H31NO9/c1-36-27-12-9-22(17-33)13-28(27)40-19-23-14-29(37-2)31(30(15-23)38-3)41-20-24-16-25(10-11-26(24)32(34)35)39-18-21-7-5-4-6-8-21/h4-16,33H,17-20H2,1-3H3. The molecule has 10 heteroatoms. The van der Waals surface area contributed by atoms with Gasteiger partial charge in [-0.25, -0.2) is 0 Å². The number of benzene rings is 4. The molecule has 0 fully saturated rings. The van der Waals surface area contributed by atoms with Gasteiger partial charge in [-0.3, -0.25) is 10.1 Å². The Morgan fingerprint density at radius 3 is 1.95 bits per heavy atom. The van der Waals surface area contributed by atoms with Crippen LogP contribution in [-0.4, -0.2) is 31.4 Å². The molecular weight excluding hydrogens is 530 g/mol. The maximum absolute atomic E-state index is 11.7. The van der Waals surface area contributed by atoms with Crippen LogP contribution in [0.15, 0.2) is 78.9 Å². The molecule has 0 heterocycles. The molecule has 0 amide bonds. The van der Waals surface area contributed by atoms with E-state index in [1.807, 2.05) is 30.3 Å². The van der Waals surface area contributed by atoms with Gasteiger partial charge in [0, 0.05) is 6.07 Å². The topological polar surface area (TPSA) is 119 Å². The van der Waals surface area contributed by atoms with Gasteiger partial charge in [0.15, 0.2) is 23.0 Å². The first-order chi connectivity index (χ1) is 19.9. The zero-order valence-electron chi connectivity index (χ0n) is 23.0. The van der Waals surface area contributed by atoms with E-state index in [0.29, 0.717) is 52.0 Å². The van der Waals surface area contributed by atoms with E-state index in [9.17, 15) is 15.2 Å². The molecule has 0 radical (unpaired) electrons. The van der Waals surface area contributed by atoms with Gasteiger partial charge in [-0.05, 0) is 53.1 Å². The molecule has 0 aliphatic rings. The van der Waals surface area contributed by atoms with Crippen molar-refractivity contribution < 1.29 is 38.5 Å². The minimum Gasteiger partial charge on any atom is -0.493 e. The fourth-order valence-corrected chi connectivity index (χ4v) is 4.09. The Balaban J connectivity index is 1.53. The first-order valence-electron chi connectivity index (χ1n) is 12.7. The van der Waals surface area contributed by atoms with Gasteiger partial charge < -0.3 is 33.5 Å². The lowest BCUT2D eigenvalue weighted by Gasteiger charge is -2.17.